The zero-order chi connectivity index (χ0) is 13.5. The lowest BCUT2D eigenvalue weighted by atomic mass is 10.6. The number of aromatic nitrogens is 3. The highest BCUT2D eigenvalue weighted by molar-refractivity contribution is 6.28. The van der Waals surface area contributed by atoms with Crippen molar-refractivity contribution in [2.45, 2.75) is 0 Å². The summed E-state index contributed by atoms with van der Waals surface area (Å²) in [5, 5.41) is 8.51. The van der Waals surface area contributed by atoms with Crippen LogP contribution in [0.15, 0.2) is 0 Å². The molecule has 0 aromatic carbocycles. The van der Waals surface area contributed by atoms with Crippen LogP contribution in [0.25, 0.3) is 0 Å². The summed E-state index contributed by atoms with van der Waals surface area (Å²) in [6.45, 7) is 0.943. The number of hydrogen-bond donors (Lipinski definition) is 3. The fourth-order valence-electron chi connectivity index (χ4n) is 1.04. The molecule has 0 fully saturated rings. The largest absolute Gasteiger partial charge is 0.357 e. The summed E-state index contributed by atoms with van der Waals surface area (Å²) in [5.74, 6) is 0.744. The molecule has 0 saturated carbocycles. The van der Waals surface area contributed by atoms with Crippen molar-refractivity contribution >= 4 is 29.5 Å². The van der Waals surface area contributed by atoms with Crippen LogP contribution in [-0.2, 0) is 0 Å². The van der Waals surface area contributed by atoms with Gasteiger partial charge in [0.25, 0.3) is 0 Å². The zero-order valence-electron chi connectivity index (χ0n) is 10.5. The van der Waals surface area contributed by atoms with Gasteiger partial charge in [-0.3, -0.25) is 0 Å². The fraction of sp³-hybridized carbons (Fsp3) is 0.556. The summed E-state index contributed by atoms with van der Waals surface area (Å²) in [6, 6.07) is -0.151. The van der Waals surface area contributed by atoms with Gasteiger partial charge in [-0.15, -0.1) is 0 Å². The van der Waals surface area contributed by atoms with Crippen LogP contribution >= 0.6 is 11.6 Å². The standard InChI is InChI=1S/C9H16ClN7O/c1-11-7-14-6(10)15-8(16-7)12-4-5-13-9(18)17(2)3/h4-5H2,1-3H3,(H,13,18)(H2,11,12,14,15,16). The van der Waals surface area contributed by atoms with Crippen molar-refractivity contribution < 1.29 is 4.79 Å². The van der Waals surface area contributed by atoms with Crippen LogP contribution in [0.3, 0.4) is 0 Å². The topological polar surface area (TPSA) is 95.1 Å². The number of hydrogen-bond acceptors (Lipinski definition) is 6. The molecule has 18 heavy (non-hydrogen) atoms. The first-order chi connectivity index (χ1) is 8.52. The van der Waals surface area contributed by atoms with E-state index in [1.54, 1.807) is 21.1 Å². The van der Waals surface area contributed by atoms with Crippen LogP contribution in [0.4, 0.5) is 16.7 Å². The van der Waals surface area contributed by atoms with Gasteiger partial charge >= 0.3 is 6.03 Å². The van der Waals surface area contributed by atoms with Crippen LogP contribution in [0.1, 0.15) is 0 Å². The second kappa shape index (κ2) is 6.80. The van der Waals surface area contributed by atoms with Gasteiger partial charge in [0.05, 0.1) is 0 Å². The van der Waals surface area contributed by atoms with Gasteiger partial charge in [-0.05, 0) is 11.6 Å². The van der Waals surface area contributed by atoms with E-state index in [0.29, 0.717) is 25.0 Å². The van der Waals surface area contributed by atoms with Gasteiger partial charge in [0.1, 0.15) is 0 Å². The number of urea groups is 1. The normalized spacial score (nSPS) is 9.78. The smallest absolute Gasteiger partial charge is 0.316 e. The van der Waals surface area contributed by atoms with E-state index in [0.717, 1.165) is 0 Å². The molecule has 9 heteroatoms. The van der Waals surface area contributed by atoms with E-state index < -0.39 is 0 Å². The van der Waals surface area contributed by atoms with Crippen molar-refractivity contribution in [3.05, 3.63) is 5.28 Å². The molecule has 0 atom stereocenters. The van der Waals surface area contributed by atoms with Crippen molar-refractivity contribution in [3.63, 3.8) is 0 Å². The molecule has 0 bridgehead atoms. The number of halogens is 1. The van der Waals surface area contributed by atoms with E-state index in [4.69, 9.17) is 11.6 Å². The van der Waals surface area contributed by atoms with Gasteiger partial charge in [0.15, 0.2) is 0 Å². The SMILES string of the molecule is CNc1nc(Cl)nc(NCCNC(=O)N(C)C)n1. The van der Waals surface area contributed by atoms with Crippen LogP contribution in [0.2, 0.25) is 5.28 Å². The molecule has 0 unspecified atom stereocenters. The van der Waals surface area contributed by atoms with Crippen molar-refractivity contribution in [1.29, 1.82) is 0 Å². The predicted octanol–water partition coefficient (Wildman–Crippen LogP) is 0.250. The quantitative estimate of drug-likeness (QED) is 0.666. The Morgan fingerprint density at radius 1 is 1.22 bits per heavy atom. The number of anilines is 2. The molecule has 0 aliphatic rings. The molecule has 0 saturated heterocycles. The number of nitrogens with one attached hydrogen (secondary N) is 3. The first-order valence-corrected chi connectivity index (χ1v) is 5.69. The van der Waals surface area contributed by atoms with Gasteiger partial charge in [-0.2, -0.15) is 15.0 Å². The first kappa shape index (κ1) is 14.2. The highest BCUT2D eigenvalue weighted by Gasteiger charge is 2.04. The molecule has 0 aliphatic heterocycles. The third-order valence-electron chi connectivity index (χ3n) is 1.92. The number of nitrogens with zero attached hydrogens (tertiary/aromatic N) is 4. The summed E-state index contributed by atoms with van der Waals surface area (Å²) in [4.78, 5) is 24.5. The molecule has 100 valence electrons. The average molecular weight is 274 g/mol. The van der Waals surface area contributed by atoms with Crippen LogP contribution in [-0.4, -0.2) is 60.1 Å². The maximum atomic E-state index is 11.2. The van der Waals surface area contributed by atoms with Crippen LogP contribution in [0.5, 0.6) is 0 Å². The number of carbonyl (C=O) groups is 1. The van der Waals surface area contributed by atoms with Crippen LogP contribution in [0, 0.1) is 0 Å². The third kappa shape index (κ3) is 4.58. The Bertz CT molecular complexity index is 412. The average Bonchev–Trinajstić information content (AvgIpc) is 2.33. The van der Waals surface area contributed by atoms with Gasteiger partial charge in [0, 0.05) is 34.2 Å². The Kier molecular flexibility index (Phi) is 5.37. The van der Waals surface area contributed by atoms with Gasteiger partial charge < -0.3 is 20.9 Å². The van der Waals surface area contributed by atoms with Crippen LogP contribution < -0.4 is 16.0 Å². The second-order valence-corrected chi connectivity index (χ2v) is 3.89. The van der Waals surface area contributed by atoms with E-state index >= 15 is 0 Å². The molecule has 3 N–H and O–H groups in total. The lowest BCUT2D eigenvalue weighted by molar-refractivity contribution is 0.218. The number of amides is 2. The monoisotopic (exact) mass is 273 g/mol. The van der Waals surface area contributed by atoms with E-state index in [-0.39, 0.29) is 11.3 Å². The lowest BCUT2D eigenvalue weighted by Crippen LogP contribution is -2.37. The summed E-state index contributed by atoms with van der Waals surface area (Å²) in [7, 11) is 5.04. The molecular weight excluding hydrogens is 258 g/mol. The molecule has 1 heterocycles. The van der Waals surface area contributed by atoms with E-state index in [1.807, 2.05) is 0 Å². The second-order valence-electron chi connectivity index (χ2n) is 3.55. The fourth-order valence-corrected chi connectivity index (χ4v) is 1.20. The van der Waals surface area contributed by atoms with Gasteiger partial charge in [-0.25, -0.2) is 4.79 Å². The molecular formula is C9H16ClN7O. The Morgan fingerprint density at radius 3 is 2.50 bits per heavy atom. The molecule has 0 radical (unpaired) electrons. The van der Waals surface area contributed by atoms with Crippen molar-refractivity contribution in [2.75, 3.05) is 44.9 Å². The summed E-state index contributed by atoms with van der Waals surface area (Å²) >= 11 is 5.71. The van der Waals surface area contributed by atoms with Gasteiger partial charge in [-0.1, -0.05) is 0 Å². The maximum Gasteiger partial charge on any atom is 0.316 e. The number of rotatable bonds is 5. The molecule has 1 aromatic rings. The highest BCUT2D eigenvalue weighted by atomic mass is 35.5. The number of carbonyl (C=O) groups excluding carboxylic acids is 1. The summed E-state index contributed by atoms with van der Waals surface area (Å²) in [6.07, 6.45) is 0. The molecule has 0 aliphatic carbocycles. The maximum absolute atomic E-state index is 11.2. The molecule has 0 spiro atoms. The Hall–Kier alpha value is -1.83. The van der Waals surface area contributed by atoms with Crippen molar-refractivity contribution in [2.24, 2.45) is 0 Å². The Labute approximate surface area is 110 Å². The molecule has 8 nitrogen and oxygen atoms in total. The van der Waals surface area contributed by atoms with E-state index in [1.165, 1.54) is 4.90 Å². The molecule has 2 amide bonds. The summed E-state index contributed by atoms with van der Waals surface area (Å²) in [5.41, 5.74) is 0. The Morgan fingerprint density at radius 2 is 1.89 bits per heavy atom. The van der Waals surface area contributed by atoms with E-state index in [9.17, 15) is 4.79 Å². The third-order valence-corrected chi connectivity index (χ3v) is 2.09. The summed E-state index contributed by atoms with van der Waals surface area (Å²) < 4.78 is 0. The minimum atomic E-state index is -0.151. The zero-order valence-corrected chi connectivity index (χ0v) is 11.2. The van der Waals surface area contributed by atoms with E-state index in [2.05, 4.69) is 30.9 Å². The lowest BCUT2D eigenvalue weighted by Gasteiger charge is -2.12. The molecule has 1 rings (SSSR count). The van der Waals surface area contributed by atoms with Gasteiger partial charge in [0.2, 0.25) is 17.2 Å². The minimum absolute atomic E-state index is 0.106. The van der Waals surface area contributed by atoms with Crippen molar-refractivity contribution in [3.8, 4) is 0 Å². The predicted molar refractivity (Wildman–Crippen MR) is 70.0 cm³/mol. The highest BCUT2D eigenvalue weighted by Crippen LogP contribution is 2.08. The van der Waals surface area contributed by atoms with Crippen molar-refractivity contribution in [1.82, 2.24) is 25.2 Å². The Balaban J connectivity index is 2.39. The minimum Gasteiger partial charge on any atom is -0.357 e. The molecule has 1 aromatic heterocycles. The first-order valence-electron chi connectivity index (χ1n) is 5.31.